The molecule has 0 bridgehead atoms. The number of nitrogens with zero attached hydrogens (tertiary/aromatic N) is 2. The number of halogens is 1. The van der Waals surface area contributed by atoms with Gasteiger partial charge in [0.15, 0.2) is 0 Å². The van der Waals surface area contributed by atoms with Crippen LogP contribution in [0, 0.1) is 10.1 Å². The maximum atomic E-state index is 11.9. The van der Waals surface area contributed by atoms with E-state index in [1.54, 1.807) is 24.4 Å². The first-order valence-corrected chi connectivity index (χ1v) is 10.3. The zero-order chi connectivity index (χ0) is 22.1. The largest absolute Gasteiger partial charge is 0.488 e. The molecule has 158 valence electrons. The van der Waals surface area contributed by atoms with Crippen molar-refractivity contribution in [2.45, 2.75) is 19.4 Å². The van der Waals surface area contributed by atoms with E-state index in [0.717, 1.165) is 21.2 Å². The molecule has 0 aromatic heterocycles. The highest BCUT2D eigenvalue weighted by molar-refractivity contribution is 9.10. The number of nitro groups is 1. The van der Waals surface area contributed by atoms with E-state index in [9.17, 15) is 14.9 Å². The Hall–Kier alpha value is -3.52. The maximum Gasteiger partial charge on any atom is 0.269 e. The number of nitrogens with one attached hydrogen (secondary N) is 1. The molecule has 0 aliphatic rings. The van der Waals surface area contributed by atoms with Crippen LogP contribution in [0.15, 0.2) is 82.4 Å². The fraction of sp³-hybridized carbons (Fsp3) is 0.130. The molecule has 1 N–H and O–H groups in total. The van der Waals surface area contributed by atoms with Crippen molar-refractivity contribution in [3.05, 3.63) is 104 Å². The van der Waals surface area contributed by atoms with Gasteiger partial charge in [0, 0.05) is 18.6 Å². The zero-order valence-electron chi connectivity index (χ0n) is 16.5. The molecule has 0 aliphatic heterocycles. The predicted octanol–water partition coefficient (Wildman–Crippen LogP) is 5.02. The van der Waals surface area contributed by atoms with E-state index < -0.39 is 4.92 Å². The van der Waals surface area contributed by atoms with Crippen LogP contribution < -0.4 is 10.2 Å². The zero-order valence-corrected chi connectivity index (χ0v) is 18.1. The van der Waals surface area contributed by atoms with E-state index in [0.29, 0.717) is 18.6 Å². The van der Waals surface area contributed by atoms with Crippen LogP contribution in [0.25, 0.3) is 0 Å². The lowest BCUT2D eigenvalue weighted by atomic mass is 10.1. The molecule has 1 amide bonds. The van der Waals surface area contributed by atoms with Crippen LogP contribution in [0.3, 0.4) is 0 Å². The average molecular weight is 482 g/mol. The van der Waals surface area contributed by atoms with Crippen LogP contribution in [-0.4, -0.2) is 17.0 Å². The number of nitro benzene ring substituents is 1. The van der Waals surface area contributed by atoms with Gasteiger partial charge in [-0.2, -0.15) is 5.10 Å². The molecule has 0 aliphatic carbocycles. The molecule has 0 fully saturated rings. The topological polar surface area (TPSA) is 93.8 Å². The Balaban J connectivity index is 1.48. The average Bonchev–Trinajstić information content (AvgIpc) is 2.78. The number of carbonyl (C=O) groups excluding carboxylic acids is 1. The second kappa shape index (κ2) is 11.0. The van der Waals surface area contributed by atoms with Crippen molar-refractivity contribution in [2.24, 2.45) is 5.10 Å². The summed E-state index contributed by atoms with van der Waals surface area (Å²) >= 11 is 3.46. The highest BCUT2D eigenvalue weighted by Gasteiger charge is 2.06. The molecule has 3 aromatic carbocycles. The normalized spacial score (nSPS) is 10.7. The van der Waals surface area contributed by atoms with E-state index in [-0.39, 0.29) is 18.2 Å². The summed E-state index contributed by atoms with van der Waals surface area (Å²) in [5.74, 6) is 0.476. The van der Waals surface area contributed by atoms with Crippen molar-refractivity contribution in [1.29, 1.82) is 0 Å². The quantitative estimate of drug-likeness (QED) is 0.263. The molecule has 0 heterocycles. The third-order valence-corrected chi connectivity index (χ3v) is 5.00. The molecule has 0 radical (unpaired) electrons. The molecule has 0 saturated heterocycles. The molecule has 3 aromatic rings. The van der Waals surface area contributed by atoms with Crippen molar-refractivity contribution < 1.29 is 14.5 Å². The number of non-ortho nitro benzene ring substituents is 1. The van der Waals surface area contributed by atoms with Gasteiger partial charge in [0.1, 0.15) is 12.4 Å². The SMILES string of the molecule is O=C(CCc1ccccc1)N/N=C\c1ccc(OCc2ccc([N+](=O)[O-])cc2)c(Br)c1. The molecule has 31 heavy (non-hydrogen) atoms. The summed E-state index contributed by atoms with van der Waals surface area (Å²) in [5.41, 5.74) is 5.29. The lowest BCUT2D eigenvalue weighted by Gasteiger charge is -2.09. The molecule has 0 spiro atoms. The van der Waals surface area contributed by atoms with Crippen molar-refractivity contribution >= 4 is 33.7 Å². The second-order valence-electron chi connectivity index (χ2n) is 6.68. The van der Waals surface area contributed by atoms with Crippen LogP contribution in [0.5, 0.6) is 5.75 Å². The minimum Gasteiger partial charge on any atom is -0.488 e. The van der Waals surface area contributed by atoms with Gasteiger partial charge in [-0.3, -0.25) is 14.9 Å². The molecule has 0 unspecified atom stereocenters. The fourth-order valence-corrected chi connectivity index (χ4v) is 3.24. The number of aryl methyl sites for hydroxylation is 1. The van der Waals surface area contributed by atoms with Gasteiger partial charge >= 0.3 is 0 Å². The number of ether oxygens (including phenoxy) is 1. The van der Waals surface area contributed by atoms with Crippen molar-refractivity contribution in [2.75, 3.05) is 0 Å². The molecular weight excluding hydrogens is 462 g/mol. The highest BCUT2D eigenvalue weighted by Crippen LogP contribution is 2.26. The van der Waals surface area contributed by atoms with E-state index in [1.165, 1.54) is 12.1 Å². The van der Waals surface area contributed by atoms with Gasteiger partial charge in [-0.1, -0.05) is 30.3 Å². The van der Waals surface area contributed by atoms with Crippen molar-refractivity contribution in [3.8, 4) is 5.75 Å². The van der Waals surface area contributed by atoms with E-state index in [1.807, 2.05) is 42.5 Å². The summed E-state index contributed by atoms with van der Waals surface area (Å²) in [4.78, 5) is 22.2. The van der Waals surface area contributed by atoms with Crippen LogP contribution in [0.2, 0.25) is 0 Å². The van der Waals surface area contributed by atoms with Gasteiger partial charge in [-0.05, 0) is 69.4 Å². The van der Waals surface area contributed by atoms with E-state index in [2.05, 4.69) is 26.5 Å². The van der Waals surface area contributed by atoms with Gasteiger partial charge in [-0.15, -0.1) is 0 Å². The van der Waals surface area contributed by atoms with E-state index >= 15 is 0 Å². The first-order chi connectivity index (χ1) is 15.0. The standard InChI is InChI=1S/C23H20BrN3O4/c24-21-14-19(15-25-26-23(28)13-9-17-4-2-1-3-5-17)8-12-22(21)31-16-18-6-10-20(11-7-18)27(29)30/h1-8,10-12,14-15H,9,13,16H2,(H,26,28)/b25-15-. The third-order valence-electron chi connectivity index (χ3n) is 4.38. The monoisotopic (exact) mass is 481 g/mol. The Morgan fingerprint density at radius 2 is 1.81 bits per heavy atom. The highest BCUT2D eigenvalue weighted by atomic mass is 79.9. The lowest BCUT2D eigenvalue weighted by molar-refractivity contribution is -0.384. The van der Waals surface area contributed by atoms with Crippen LogP contribution in [0.4, 0.5) is 5.69 Å². The van der Waals surface area contributed by atoms with E-state index in [4.69, 9.17) is 4.74 Å². The summed E-state index contributed by atoms with van der Waals surface area (Å²) in [6.45, 7) is 0.279. The Morgan fingerprint density at radius 1 is 1.06 bits per heavy atom. The Kier molecular flexibility index (Phi) is 7.89. The smallest absolute Gasteiger partial charge is 0.269 e. The predicted molar refractivity (Wildman–Crippen MR) is 122 cm³/mol. The minimum atomic E-state index is -0.437. The van der Waals surface area contributed by atoms with Gasteiger partial charge < -0.3 is 4.74 Å². The first-order valence-electron chi connectivity index (χ1n) is 9.53. The molecule has 3 rings (SSSR count). The van der Waals surface area contributed by atoms with Crippen molar-refractivity contribution in [1.82, 2.24) is 5.43 Å². The fourth-order valence-electron chi connectivity index (χ4n) is 2.73. The number of hydrogen-bond donors (Lipinski definition) is 1. The van der Waals surface area contributed by atoms with Crippen LogP contribution in [0.1, 0.15) is 23.1 Å². The first kappa shape index (κ1) is 22.2. The second-order valence-corrected chi connectivity index (χ2v) is 7.54. The number of amides is 1. The summed E-state index contributed by atoms with van der Waals surface area (Å²) in [7, 11) is 0. The maximum absolute atomic E-state index is 11.9. The van der Waals surface area contributed by atoms with Gasteiger partial charge in [0.25, 0.3) is 5.69 Å². The number of rotatable bonds is 9. The summed E-state index contributed by atoms with van der Waals surface area (Å²) in [6.07, 6.45) is 2.58. The molecule has 7 nitrogen and oxygen atoms in total. The number of benzene rings is 3. The Bertz CT molecular complexity index is 1070. The molecular formula is C23H20BrN3O4. The minimum absolute atomic E-state index is 0.0423. The summed E-state index contributed by atoms with van der Waals surface area (Å²) in [6, 6.07) is 21.4. The molecule has 0 saturated carbocycles. The van der Waals surface area contributed by atoms with Crippen LogP contribution >= 0.6 is 15.9 Å². The Labute approximate surface area is 188 Å². The summed E-state index contributed by atoms with van der Waals surface area (Å²) in [5, 5.41) is 14.7. The van der Waals surface area contributed by atoms with Crippen molar-refractivity contribution in [3.63, 3.8) is 0 Å². The summed E-state index contributed by atoms with van der Waals surface area (Å²) < 4.78 is 6.49. The number of carbonyl (C=O) groups is 1. The number of hydrazone groups is 1. The van der Waals surface area contributed by atoms with Gasteiger partial charge in [0.2, 0.25) is 5.91 Å². The molecule has 0 atom stereocenters. The lowest BCUT2D eigenvalue weighted by Crippen LogP contribution is -2.17. The number of hydrogen-bond acceptors (Lipinski definition) is 5. The van der Waals surface area contributed by atoms with Gasteiger partial charge in [-0.25, -0.2) is 5.43 Å². The third kappa shape index (κ3) is 7.04. The Morgan fingerprint density at radius 3 is 2.48 bits per heavy atom. The van der Waals surface area contributed by atoms with Crippen LogP contribution in [-0.2, 0) is 17.8 Å². The molecule has 8 heteroatoms. The van der Waals surface area contributed by atoms with Gasteiger partial charge in [0.05, 0.1) is 15.6 Å².